The number of hydrogen-bond acceptors (Lipinski definition) is 1. The van der Waals surface area contributed by atoms with Crippen LogP contribution in [0, 0.1) is 3.57 Å². The van der Waals surface area contributed by atoms with E-state index < -0.39 is 11.7 Å². The maximum Gasteiger partial charge on any atom is 0.416 e. The van der Waals surface area contributed by atoms with Crippen LogP contribution in [0.4, 0.5) is 13.2 Å². The van der Waals surface area contributed by atoms with E-state index in [0.717, 1.165) is 21.5 Å². The fourth-order valence-corrected chi connectivity index (χ4v) is 1.85. The molecule has 0 aliphatic rings. The molecule has 0 atom stereocenters. The minimum atomic E-state index is -4.21. The number of para-hydroxylation sites is 1. The highest BCUT2D eigenvalue weighted by atomic mass is 127. The maximum absolute atomic E-state index is 11.8. The topological polar surface area (TPSA) is 9.23 Å². The molecule has 0 bridgehead atoms. The second kappa shape index (κ2) is 7.37. The zero-order valence-electron chi connectivity index (χ0n) is 10.1. The molecule has 0 N–H and O–H groups in total. The number of ether oxygens (including phenoxy) is 1. The molecular weight excluding hydrogens is 368 g/mol. The van der Waals surface area contributed by atoms with Crippen LogP contribution in [0.25, 0.3) is 0 Å². The predicted octanol–water partition coefficient (Wildman–Crippen LogP) is 5.01. The number of halogens is 4. The van der Waals surface area contributed by atoms with Crippen molar-refractivity contribution in [2.75, 3.05) is 7.11 Å². The van der Waals surface area contributed by atoms with Gasteiger partial charge in [-0.1, -0.05) is 42.5 Å². The molecule has 5 heteroatoms. The number of alkyl halides is 3. The van der Waals surface area contributed by atoms with E-state index in [-0.39, 0.29) is 0 Å². The first-order valence-electron chi connectivity index (χ1n) is 5.36. The third-order valence-electron chi connectivity index (χ3n) is 2.16. The second-order valence-corrected chi connectivity index (χ2v) is 4.66. The Labute approximate surface area is 123 Å². The summed E-state index contributed by atoms with van der Waals surface area (Å²) in [6, 6.07) is 14.3. The Balaban J connectivity index is 0.000000191. The standard InChI is InChI=1S/C7H5F3.C7H7IO/c8-7(9,10)6-4-2-1-3-5-6;1-9-7-5-3-2-4-6(7)8/h1-5H;2-5H,1H3. The third-order valence-corrected chi connectivity index (χ3v) is 3.05. The lowest BCUT2D eigenvalue weighted by Crippen LogP contribution is -2.03. The molecule has 2 aromatic carbocycles. The van der Waals surface area contributed by atoms with Crippen molar-refractivity contribution in [1.82, 2.24) is 0 Å². The highest BCUT2D eigenvalue weighted by Gasteiger charge is 2.29. The Morgan fingerprint density at radius 3 is 1.79 bits per heavy atom. The Hall–Kier alpha value is -1.24. The van der Waals surface area contributed by atoms with Gasteiger partial charge in [0.2, 0.25) is 0 Å². The molecule has 102 valence electrons. The molecule has 0 amide bonds. The van der Waals surface area contributed by atoms with Crippen molar-refractivity contribution < 1.29 is 17.9 Å². The largest absolute Gasteiger partial charge is 0.496 e. The van der Waals surface area contributed by atoms with Crippen LogP contribution in [0.2, 0.25) is 0 Å². The first-order valence-corrected chi connectivity index (χ1v) is 6.44. The fraction of sp³-hybridized carbons (Fsp3) is 0.143. The normalized spacial score (nSPS) is 10.4. The van der Waals surface area contributed by atoms with Gasteiger partial charge < -0.3 is 4.74 Å². The molecule has 0 fully saturated rings. The van der Waals surface area contributed by atoms with Gasteiger partial charge in [-0.15, -0.1) is 0 Å². The average molecular weight is 380 g/mol. The highest BCUT2D eigenvalue weighted by molar-refractivity contribution is 14.1. The molecule has 0 aliphatic carbocycles. The van der Waals surface area contributed by atoms with Crippen LogP contribution in [-0.2, 0) is 6.18 Å². The summed E-state index contributed by atoms with van der Waals surface area (Å²) >= 11 is 2.24. The molecule has 0 spiro atoms. The summed E-state index contributed by atoms with van der Waals surface area (Å²) in [5, 5.41) is 0. The quantitative estimate of drug-likeness (QED) is 0.633. The fourth-order valence-electron chi connectivity index (χ4n) is 1.24. The van der Waals surface area contributed by atoms with Crippen LogP contribution in [0.1, 0.15) is 5.56 Å². The number of benzene rings is 2. The van der Waals surface area contributed by atoms with Crippen LogP contribution < -0.4 is 4.74 Å². The highest BCUT2D eigenvalue weighted by Crippen LogP contribution is 2.28. The molecule has 0 saturated heterocycles. The van der Waals surface area contributed by atoms with E-state index in [4.69, 9.17) is 4.74 Å². The molecule has 0 aliphatic heterocycles. The Kier molecular flexibility index (Phi) is 6.14. The van der Waals surface area contributed by atoms with E-state index in [1.54, 1.807) is 13.2 Å². The van der Waals surface area contributed by atoms with Crippen molar-refractivity contribution in [3.63, 3.8) is 0 Å². The van der Waals surface area contributed by atoms with Gasteiger partial charge in [0.1, 0.15) is 5.75 Å². The number of hydrogen-bond donors (Lipinski definition) is 0. The van der Waals surface area contributed by atoms with Gasteiger partial charge in [-0.2, -0.15) is 13.2 Å². The summed E-state index contributed by atoms with van der Waals surface area (Å²) in [5.74, 6) is 0.943. The smallest absolute Gasteiger partial charge is 0.416 e. The van der Waals surface area contributed by atoms with E-state index in [0.29, 0.717) is 0 Å². The Morgan fingerprint density at radius 1 is 0.895 bits per heavy atom. The lowest BCUT2D eigenvalue weighted by atomic mass is 10.2. The van der Waals surface area contributed by atoms with Gasteiger partial charge in [0, 0.05) is 0 Å². The number of rotatable bonds is 1. The lowest BCUT2D eigenvalue weighted by Gasteiger charge is -2.03. The zero-order chi connectivity index (χ0) is 14.3. The zero-order valence-corrected chi connectivity index (χ0v) is 12.3. The van der Waals surface area contributed by atoms with Gasteiger partial charge in [-0.25, -0.2) is 0 Å². The first kappa shape index (κ1) is 15.8. The van der Waals surface area contributed by atoms with E-state index in [1.807, 2.05) is 24.3 Å². The molecule has 0 radical (unpaired) electrons. The van der Waals surface area contributed by atoms with Crippen molar-refractivity contribution in [3.8, 4) is 5.75 Å². The van der Waals surface area contributed by atoms with E-state index in [2.05, 4.69) is 22.6 Å². The molecule has 0 unspecified atom stereocenters. The molecule has 0 heterocycles. The average Bonchev–Trinajstić information content (AvgIpc) is 2.40. The van der Waals surface area contributed by atoms with Crippen LogP contribution in [0.5, 0.6) is 5.75 Å². The summed E-state index contributed by atoms with van der Waals surface area (Å²) in [6.07, 6.45) is -4.21. The SMILES string of the molecule is COc1ccccc1I.FC(F)(F)c1ccccc1. The van der Waals surface area contributed by atoms with Crippen LogP contribution in [-0.4, -0.2) is 7.11 Å². The van der Waals surface area contributed by atoms with E-state index in [1.165, 1.54) is 12.1 Å². The van der Waals surface area contributed by atoms with Gasteiger partial charge in [-0.3, -0.25) is 0 Å². The Morgan fingerprint density at radius 2 is 1.42 bits per heavy atom. The summed E-state index contributed by atoms with van der Waals surface area (Å²) in [7, 11) is 1.68. The predicted molar refractivity (Wildman–Crippen MR) is 77.2 cm³/mol. The maximum atomic E-state index is 11.8. The molecular formula is C14H12F3IO. The number of methoxy groups -OCH3 is 1. The molecule has 19 heavy (non-hydrogen) atoms. The van der Waals surface area contributed by atoms with Gasteiger partial charge in [-0.05, 0) is 34.7 Å². The molecule has 1 nitrogen and oxygen atoms in total. The van der Waals surface area contributed by atoms with Gasteiger partial charge >= 0.3 is 6.18 Å². The minimum Gasteiger partial charge on any atom is -0.496 e. The molecule has 0 saturated carbocycles. The summed E-state index contributed by atoms with van der Waals surface area (Å²) in [5.41, 5.74) is -0.602. The van der Waals surface area contributed by atoms with Crippen LogP contribution >= 0.6 is 22.6 Å². The monoisotopic (exact) mass is 380 g/mol. The van der Waals surface area contributed by atoms with Gasteiger partial charge in [0.15, 0.2) is 0 Å². The summed E-state index contributed by atoms with van der Waals surface area (Å²) < 4.78 is 41.6. The molecule has 0 aromatic heterocycles. The van der Waals surface area contributed by atoms with Crippen molar-refractivity contribution in [1.29, 1.82) is 0 Å². The molecule has 2 aromatic rings. The van der Waals surface area contributed by atoms with Crippen molar-refractivity contribution in [3.05, 3.63) is 63.7 Å². The first-order chi connectivity index (χ1) is 8.95. The van der Waals surface area contributed by atoms with Crippen LogP contribution in [0.3, 0.4) is 0 Å². The molecule has 2 rings (SSSR count). The second-order valence-electron chi connectivity index (χ2n) is 3.50. The summed E-state index contributed by atoms with van der Waals surface area (Å²) in [4.78, 5) is 0. The minimum absolute atomic E-state index is 0.602. The van der Waals surface area contributed by atoms with E-state index in [9.17, 15) is 13.2 Å². The lowest BCUT2D eigenvalue weighted by molar-refractivity contribution is -0.137. The van der Waals surface area contributed by atoms with Crippen LogP contribution in [0.15, 0.2) is 54.6 Å². The van der Waals surface area contributed by atoms with E-state index >= 15 is 0 Å². The van der Waals surface area contributed by atoms with Gasteiger partial charge in [0.05, 0.1) is 16.2 Å². The van der Waals surface area contributed by atoms with Crippen molar-refractivity contribution in [2.45, 2.75) is 6.18 Å². The van der Waals surface area contributed by atoms with Crippen molar-refractivity contribution >= 4 is 22.6 Å². The van der Waals surface area contributed by atoms with Crippen molar-refractivity contribution in [2.24, 2.45) is 0 Å². The van der Waals surface area contributed by atoms with Gasteiger partial charge in [0.25, 0.3) is 0 Å². The Bertz CT molecular complexity index is 498. The summed E-state index contributed by atoms with van der Waals surface area (Å²) in [6.45, 7) is 0. The third kappa shape index (κ3) is 5.50.